The van der Waals surface area contributed by atoms with Gasteiger partial charge in [0, 0.05) is 24.0 Å². The average Bonchev–Trinajstić information content (AvgIpc) is 3.66. The smallest absolute Gasteiger partial charge is 0.327 e. The van der Waals surface area contributed by atoms with Gasteiger partial charge >= 0.3 is 5.97 Å². The second-order valence-corrected chi connectivity index (χ2v) is 11.0. The number of carboxylic acid groups (broad SMARTS) is 1. The first-order valence-electron chi connectivity index (χ1n) is 11.9. The van der Waals surface area contributed by atoms with Crippen LogP contribution in [0.25, 0.3) is 11.0 Å². The van der Waals surface area contributed by atoms with Crippen LogP contribution in [0.4, 0.5) is 5.69 Å². The predicted octanol–water partition coefficient (Wildman–Crippen LogP) is 4.64. The quantitative estimate of drug-likeness (QED) is 0.221. The Labute approximate surface area is 236 Å². The Kier molecular flexibility index (Phi) is 7.41. The molecule has 0 fully saturated rings. The van der Waals surface area contributed by atoms with Gasteiger partial charge in [-0.3, -0.25) is 14.9 Å². The molecule has 2 aromatic heterocycles. The second kappa shape index (κ2) is 10.6. The predicted molar refractivity (Wildman–Crippen MR) is 149 cm³/mol. The first-order valence-corrected chi connectivity index (χ1v) is 13.6. The molecule has 202 valence electrons. The van der Waals surface area contributed by atoms with E-state index in [0.717, 1.165) is 5.39 Å². The molecule has 0 radical (unpaired) electrons. The number of benzene rings is 2. The van der Waals surface area contributed by atoms with Crippen molar-refractivity contribution in [3.05, 3.63) is 85.7 Å². The molecule has 5 rings (SSSR count). The van der Waals surface area contributed by atoms with Gasteiger partial charge in [0.25, 0.3) is 11.8 Å². The van der Waals surface area contributed by atoms with Crippen LogP contribution in [0.1, 0.15) is 38.1 Å². The summed E-state index contributed by atoms with van der Waals surface area (Å²) in [5.41, 5.74) is 0.475. The van der Waals surface area contributed by atoms with E-state index >= 15 is 0 Å². The summed E-state index contributed by atoms with van der Waals surface area (Å²) in [6.07, 6.45) is 1.93. The number of carboxylic acids is 1. The molecule has 39 heavy (non-hydrogen) atoms. The van der Waals surface area contributed by atoms with E-state index in [1.54, 1.807) is 48.0 Å². The Morgan fingerprint density at radius 1 is 1.21 bits per heavy atom. The fraction of sp³-hybridized carbons (Fsp3) is 0.222. The van der Waals surface area contributed by atoms with Crippen LogP contribution >= 0.6 is 34.5 Å². The second-order valence-electron chi connectivity index (χ2n) is 9.22. The van der Waals surface area contributed by atoms with E-state index in [-0.39, 0.29) is 28.1 Å². The monoisotopic (exact) mass is 587 g/mol. The van der Waals surface area contributed by atoms with Gasteiger partial charge < -0.3 is 24.8 Å². The highest BCUT2D eigenvalue weighted by molar-refractivity contribution is 7.10. The maximum Gasteiger partial charge on any atom is 0.327 e. The minimum Gasteiger partial charge on any atom is -0.480 e. The topological polar surface area (TPSA) is 132 Å². The van der Waals surface area contributed by atoms with Crippen LogP contribution in [0.15, 0.2) is 58.5 Å². The van der Waals surface area contributed by atoms with Crippen LogP contribution < -0.4 is 15.5 Å². The number of hydrogen-bond donors (Lipinski definition) is 4. The Balaban J connectivity index is 1.35. The largest absolute Gasteiger partial charge is 0.480 e. The molecule has 0 aliphatic carbocycles. The van der Waals surface area contributed by atoms with Gasteiger partial charge in [0.2, 0.25) is 0 Å². The van der Waals surface area contributed by atoms with Gasteiger partial charge in [-0.25, -0.2) is 4.79 Å². The number of aliphatic hydroxyl groups is 1. The SMILES string of the molecule is C[C@@](O)(NC[C@H](NC(=O)c1c(Cl)cc2c(c1Cl)CCN2C(=O)c1ccc2ccoc2c1)C(=O)O)c1cccs1. The normalized spacial score (nSPS) is 15.1. The van der Waals surface area contributed by atoms with Crippen molar-refractivity contribution < 1.29 is 29.0 Å². The number of aliphatic carboxylic acids is 1. The molecule has 0 spiro atoms. The molecule has 2 atom stereocenters. The van der Waals surface area contributed by atoms with Crippen molar-refractivity contribution >= 4 is 69.0 Å². The van der Waals surface area contributed by atoms with E-state index in [2.05, 4.69) is 10.6 Å². The van der Waals surface area contributed by atoms with Gasteiger partial charge in [-0.1, -0.05) is 35.3 Å². The Bertz CT molecular complexity index is 1580. The first-order chi connectivity index (χ1) is 18.6. The number of anilines is 1. The molecule has 1 aliphatic heterocycles. The van der Waals surface area contributed by atoms with Crippen molar-refractivity contribution in [3.8, 4) is 0 Å². The van der Waals surface area contributed by atoms with Gasteiger partial charge in [-0.2, -0.15) is 0 Å². The lowest BCUT2D eigenvalue weighted by atomic mass is 10.1. The lowest BCUT2D eigenvalue weighted by Crippen LogP contribution is -2.51. The van der Waals surface area contributed by atoms with E-state index in [1.807, 2.05) is 0 Å². The highest BCUT2D eigenvalue weighted by Crippen LogP contribution is 2.40. The summed E-state index contributed by atoms with van der Waals surface area (Å²) in [7, 11) is 0. The summed E-state index contributed by atoms with van der Waals surface area (Å²) >= 11 is 14.4. The summed E-state index contributed by atoms with van der Waals surface area (Å²) in [4.78, 5) is 40.5. The number of thiophene rings is 1. The number of rotatable bonds is 8. The molecule has 0 bridgehead atoms. The highest BCUT2D eigenvalue weighted by Gasteiger charge is 2.33. The van der Waals surface area contributed by atoms with Crippen LogP contribution in [-0.2, 0) is 16.9 Å². The molecule has 0 saturated carbocycles. The van der Waals surface area contributed by atoms with Crippen LogP contribution in [0, 0.1) is 0 Å². The van der Waals surface area contributed by atoms with E-state index in [1.165, 1.54) is 29.2 Å². The number of furan rings is 1. The third-order valence-corrected chi connectivity index (χ3v) is 8.40. The van der Waals surface area contributed by atoms with Crippen molar-refractivity contribution in [3.63, 3.8) is 0 Å². The zero-order valence-electron chi connectivity index (χ0n) is 20.5. The molecular weight excluding hydrogens is 565 g/mol. The zero-order valence-corrected chi connectivity index (χ0v) is 22.9. The van der Waals surface area contributed by atoms with Crippen LogP contribution in [0.5, 0.6) is 0 Å². The maximum atomic E-state index is 13.3. The molecular formula is C27H23Cl2N3O6S. The van der Waals surface area contributed by atoms with Gasteiger partial charge in [-0.15, -0.1) is 11.3 Å². The standard InChI is InChI=1S/C27H23Cl2N3O6S/c1-27(37,21-3-2-10-39-21)30-13-18(26(35)36)31-24(33)22-17(28)12-19-16(23(22)29)6-8-32(19)25(34)15-5-4-14-7-9-38-20(14)11-15/h2-5,7,9-12,18,30,37H,6,8,13H2,1H3,(H,31,33)(H,35,36)/t18-,27-/m0/s1. The van der Waals surface area contributed by atoms with Crippen LogP contribution in [-0.4, -0.2) is 47.1 Å². The highest BCUT2D eigenvalue weighted by atomic mass is 35.5. The van der Waals surface area contributed by atoms with Gasteiger partial charge in [-0.05, 0) is 54.6 Å². The third-order valence-electron chi connectivity index (χ3n) is 6.60. The number of nitrogens with one attached hydrogen (secondary N) is 2. The third kappa shape index (κ3) is 5.26. The van der Waals surface area contributed by atoms with E-state index in [9.17, 15) is 24.6 Å². The van der Waals surface area contributed by atoms with E-state index in [0.29, 0.717) is 40.2 Å². The maximum absolute atomic E-state index is 13.3. The molecule has 0 unspecified atom stereocenters. The fourth-order valence-electron chi connectivity index (χ4n) is 4.51. The number of hydrogen-bond acceptors (Lipinski definition) is 7. The van der Waals surface area contributed by atoms with E-state index < -0.39 is 23.6 Å². The van der Waals surface area contributed by atoms with Gasteiger partial charge in [0.05, 0.1) is 32.4 Å². The van der Waals surface area contributed by atoms with Crippen LogP contribution in [0.2, 0.25) is 10.0 Å². The average molecular weight is 588 g/mol. The molecule has 2 aromatic carbocycles. The van der Waals surface area contributed by atoms with Crippen molar-refractivity contribution in [2.75, 3.05) is 18.0 Å². The Morgan fingerprint density at radius 2 is 2.00 bits per heavy atom. The summed E-state index contributed by atoms with van der Waals surface area (Å²) in [5, 5.41) is 28.2. The van der Waals surface area contributed by atoms with Gasteiger partial charge in [0.1, 0.15) is 17.3 Å². The van der Waals surface area contributed by atoms with Crippen molar-refractivity contribution in [1.82, 2.24) is 10.6 Å². The summed E-state index contributed by atoms with van der Waals surface area (Å²) in [5.74, 6) is -2.37. The molecule has 9 nitrogen and oxygen atoms in total. The summed E-state index contributed by atoms with van der Waals surface area (Å²) < 4.78 is 5.41. The fourth-order valence-corrected chi connectivity index (χ4v) is 5.98. The molecule has 1 aliphatic rings. The lowest BCUT2D eigenvalue weighted by molar-refractivity contribution is -0.139. The van der Waals surface area contributed by atoms with Gasteiger partial charge in [0.15, 0.2) is 0 Å². The molecule has 2 amide bonds. The Morgan fingerprint density at radius 3 is 2.72 bits per heavy atom. The zero-order chi connectivity index (χ0) is 27.9. The number of amides is 2. The number of halogens is 2. The lowest BCUT2D eigenvalue weighted by Gasteiger charge is -2.26. The molecule has 4 aromatic rings. The molecule has 0 saturated heterocycles. The summed E-state index contributed by atoms with van der Waals surface area (Å²) in [6, 6.07) is 10.5. The number of carbonyl (C=O) groups excluding carboxylic acids is 2. The summed E-state index contributed by atoms with van der Waals surface area (Å²) in [6.45, 7) is 1.55. The number of nitrogens with zero attached hydrogens (tertiary/aromatic N) is 1. The molecule has 12 heteroatoms. The van der Waals surface area contributed by atoms with Crippen molar-refractivity contribution in [2.45, 2.75) is 25.1 Å². The van der Waals surface area contributed by atoms with E-state index in [4.69, 9.17) is 27.6 Å². The molecule has 4 N–H and O–H groups in total. The molecule has 3 heterocycles. The first kappa shape index (κ1) is 27.2. The number of carbonyl (C=O) groups is 3. The number of fused-ring (bicyclic) bond motifs is 2. The van der Waals surface area contributed by atoms with Crippen molar-refractivity contribution in [1.29, 1.82) is 0 Å². The minimum atomic E-state index is -1.49. The minimum absolute atomic E-state index is 0.0277. The van der Waals surface area contributed by atoms with Crippen LogP contribution in [0.3, 0.4) is 0 Å². The van der Waals surface area contributed by atoms with Crippen molar-refractivity contribution in [2.24, 2.45) is 0 Å². The Hall–Kier alpha value is -3.41.